The van der Waals surface area contributed by atoms with E-state index < -0.39 is 5.82 Å². The van der Waals surface area contributed by atoms with E-state index in [0.717, 1.165) is 16.5 Å². The van der Waals surface area contributed by atoms with Crippen LogP contribution in [0.1, 0.15) is 5.56 Å². The van der Waals surface area contributed by atoms with Crippen molar-refractivity contribution in [3.05, 3.63) is 53.8 Å². The van der Waals surface area contributed by atoms with E-state index in [4.69, 9.17) is 12.2 Å². The number of hydrogen-bond donors (Lipinski definition) is 3. The minimum atomic E-state index is -0.435. The Balaban J connectivity index is 1.86. The van der Waals surface area contributed by atoms with Gasteiger partial charge in [-0.1, -0.05) is 30.3 Å². The molecule has 1 aromatic heterocycles. The van der Waals surface area contributed by atoms with Gasteiger partial charge in [-0.15, -0.1) is 10.2 Å². The average molecular weight is 328 g/mol. The molecular weight excluding hydrogens is 315 g/mol. The van der Waals surface area contributed by atoms with Gasteiger partial charge in [-0.25, -0.2) is 4.39 Å². The van der Waals surface area contributed by atoms with Gasteiger partial charge in [0.1, 0.15) is 5.82 Å². The van der Waals surface area contributed by atoms with Crippen molar-refractivity contribution in [3.8, 4) is 5.88 Å². The van der Waals surface area contributed by atoms with Crippen LogP contribution < -0.4 is 5.32 Å². The third kappa shape index (κ3) is 3.04. The van der Waals surface area contributed by atoms with Crippen LogP contribution in [0.5, 0.6) is 5.88 Å². The van der Waals surface area contributed by atoms with Crippen molar-refractivity contribution in [3.63, 3.8) is 0 Å². The number of fused-ring (bicyclic) bond motifs is 1. The Morgan fingerprint density at radius 2 is 2.00 bits per heavy atom. The predicted octanol–water partition coefficient (Wildman–Crippen LogP) is 4.80. The van der Waals surface area contributed by atoms with Gasteiger partial charge >= 0.3 is 0 Å². The summed E-state index contributed by atoms with van der Waals surface area (Å²) in [5.41, 5.74) is 2.27. The molecule has 3 aromatic rings. The quantitative estimate of drug-likeness (QED) is 0.467. The van der Waals surface area contributed by atoms with Crippen molar-refractivity contribution >= 4 is 39.6 Å². The second kappa shape index (κ2) is 6.13. The van der Waals surface area contributed by atoms with Crippen molar-refractivity contribution in [1.82, 2.24) is 4.98 Å². The SMILES string of the molecule is Cc1cccc2c(N=NC(=S)Nc3ccccc3F)c(O)[nH]c12. The summed E-state index contributed by atoms with van der Waals surface area (Å²) >= 11 is 5.03. The van der Waals surface area contributed by atoms with Crippen LogP contribution in [0, 0.1) is 12.7 Å². The molecule has 0 aliphatic rings. The monoisotopic (exact) mass is 328 g/mol. The molecular formula is C16H13FN4OS. The zero-order chi connectivity index (χ0) is 16.4. The van der Waals surface area contributed by atoms with E-state index in [2.05, 4.69) is 20.5 Å². The minimum Gasteiger partial charge on any atom is -0.493 e. The van der Waals surface area contributed by atoms with E-state index in [1.807, 2.05) is 25.1 Å². The van der Waals surface area contributed by atoms with Crippen LogP contribution in [-0.4, -0.2) is 15.2 Å². The van der Waals surface area contributed by atoms with Crippen LogP contribution in [0.4, 0.5) is 15.8 Å². The van der Waals surface area contributed by atoms with Crippen molar-refractivity contribution in [2.45, 2.75) is 6.92 Å². The Kier molecular flexibility index (Phi) is 4.03. The largest absolute Gasteiger partial charge is 0.493 e. The highest BCUT2D eigenvalue weighted by molar-refractivity contribution is 7.80. The summed E-state index contributed by atoms with van der Waals surface area (Å²) < 4.78 is 13.5. The highest BCUT2D eigenvalue weighted by Gasteiger charge is 2.11. The lowest BCUT2D eigenvalue weighted by Gasteiger charge is -2.03. The standard InChI is InChI=1S/C16H13FN4OS/c1-9-5-4-6-10-13(9)19-15(22)14(10)20-21-16(23)18-12-8-3-2-7-11(12)17/h2-8,19,22H,1H3,(H,18,23). The van der Waals surface area contributed by atoms with Gasteiger partial charge in [-0.2, -0.15) is 0 Å². The fourth-order valence-corrected chi connectivity index (χ4v) is 2.39. The Morgan fingerprint density at radius 1 is 1.22 bits per heavy atom. The summed E-state index contributed by atoms with van der Waals surface area (Å²) in [6.45, 7) is 1.92. The fourth-order valence-electron chi connectivity index (χ4n) is 2.24. The number of benzene rings is 2. The second-order valence-corrected chi connectivity index (χ2v) is 5.32. The second-order valence-electron chi connectivity index (χ2n) is 4.93. The number of aryl methyl sites for hydroxylation is 1. The average Bonchev–Trinajstić information content (AvgIpc) is 2.85. The topological polar surface area (TPSA) is 72.8 Å². The Hall–Kier alpha value is -2.80. The highest BCUT2D eigenvalue weighted by Crippen LogP contribution is 2.36. The molecule has 7 heteroatoms. The zero-order valence-electron chi connectivity index (χ0n) is 12.2. The van der Waals surface area contributed by atoms with E-state index in [9.17, 15) is 9.50 Å². The number of aromatic nitrogens is 1. The van der Waals surface area contributed by atoms with E-state index in [-0.39, 0.29) is 16.7 Å². The van der Waals surface area contributed by atoms with Crippen LogP contribution >= 0.6 is 12.2 Å². The van der Waals surface area contributed by atoms with E-state index in [0.29, 0.717) is 5.69 Å². The number of para-hydroxylation sites is 2. The first-order chi connectivity index (χ1) is 11.1. The van der Waals surface area contributed by atoms with Gasteiger partial charge in [0.15, 0.2) is 5.69 Å². The van der Waals surface area contributed by atoms with Gasteiger partial charge in [0.05, 0.1) is 11.2 Å². The smallest absolute Gasteiger partial charge is 0.218 e. The first kappa shape index (κ1) is 15.1. The maximum Gasteiger partial charge on any atom is 0.218 e. The maximum absolute atomic E-state index is 13.5. The molecule has 5 nitrogen and oxygen atoms in total. The molecule has 0 aliphatic carbocycles. The van der Waals surface area contributed by atoms with Crippen molar-refractivity contribution in [1.29, 1.82) is 0 Å². The number of aromatic amines is 1. The fraction of sp³-hybridized carbons (Fsp3) is 0.0625. The van der Waals surface area contributed by atoms with Gasteiger partial charge < -0.3 is 15.4 Å². The summed E-state index contributed by atoms with van der Waals surface area (Å²) in [7, 11) is 0. The molecule has 0 unspecified atom stereocenters. The number of hydrogen-bond acceptors (Lipinski definition) is 3. The molecule has 0 atom stereocenters. The first-order valence-electron chi connectivity index (χ1n) is 6.84. The molecule has 0 aliphatic heterocycles. The van der Waals surface area contributed by atoms with Crippen molar-refractivity contribution in [2.75, 3.05) is 5.32 Å². The van der Waals surface area contributed by atoms with E-state index in [1.54, 1.807) is 18.2 Å². The number of thiocarbonyl (C=S) groups is 1. The summed E-state index contributed by atoms with van der Waals surface area (Å²) in [5, 5.41) is 21.2. The van der Waals surface area contributed by atoms with Crippen LogP contribution in [0.3, 0.4) is 0 Å². The Labute approximate surface area is 136 Å². The molecule has 0 fully saturated rings. The van der Waals surface area contributed by atoms with Gasteiger partial charge in [-0.3, -0.25) is 0 Å². The molecule has 2 aromatic carbocycles. The van der Waals surface area contributed by atoms with Gasteiger partial charge in [0.2, 0.25) is 11.0 Å². The number of nitrogens with one attached hydrogen (secondary N) is 2. The Morgan fingerprint density at radius 3 is 2.78 bits per heavy atom. The van der Waals surface area contributed by atoms with Crippen LogP contribution in [0.2, 0.25) is 0 Å². The molecule has 23 heavy (non-hydrogen) atoms. The normalized spacial score (nSPS) is 11.2. The highest BCUT2D eigenvalue weighted by atomic mass is 32.1. The van der Waals surface area contributed by atoms with Crippen molar-refractivity contribution in [2.24, 2.45) is 10.2 Å². The molecule has 0 radical (unpaired) electrons. The predicted molar refractivity (Wildman–Crippen MR) is 91.8 cm³/mol. The lowest BCUT2D eigenvalue weighted by molar-refractivity contribution is 0.459. The molecule has 0 saturated heterocycles. The lowest BCUT2D eigenvalue weighted by Crippen LogP contribution is -2.06. The summed E-state index contributed by atoms with van der Waals surface area (Å²) in [4.78, 5) is 2.86. The van der Waals surface area contributed by atoms with Gasteiger partial charge in [-0.05, 0) is 36.8 Å². The number of anilines is 1. The van der Waals surface area contributed by atoms with Gasteiger partial charge in [0.25, 0.3) is 0 Å². The van der Waals surface area contributed by atoms with Gasteiger partial charge in [0, 0.05) is 5.39 Å². The number of rotatable bonds is 2. The number of azo groups is 1. The van der Waals surface area contributed by atoms with Crippen LogP contribution in [0.25, 0.3) is 10.9 Å². The van der Waals surface area contributed by atoms with Crippen LogP contribution in [0.15, 0.2) is 52.7 Å². The van der Waals surface area contributed by atoms with Crippen LogP contribution in [-0.2, 0) is 0 Å². The first-order valence-corrected chi connectivity index (χ1v) is 7.24. The number of halogens is 1. The zero-order valence-corrected chi connectivity index (χ0v) is 13.0. The van der Waals surface area contributed by atoms with E-state index >= 15 is 0 Å². The molecule has 0 spiro atoms. The van der Waals surface area contributed by atoms with Crippen molar-refractivity contribution < 1.29 is 9.50 Å². The summed E-state index contributed by atoms with van der Waals surface area (Å²) in [6, 6.07) is 11.7. The molecule has 3 rings (SSSR count). The Bertz CT molecular complexity index is 920. The number of aromatic hydroxyl groups is 1. The molecule has 3 N–H and O–H groups in total. The number of H-pyrrole nitrogens is 1. The number of nitrogens with zero attached hydrogens (tertiary/aromatic N) is 2. The van der Waals surface area contributed by atoms with E-state index in [1.165, 1.54) is 6.07 Å². The third-order valence-electron chi connectivity index (χ3n) is 3.35. The molecule has 0 saturated carbocycles. The summed E-state index contributed by atoms with van der Waals surface area (Å²) in [6.07, 6.45) is 0. The molecule has 0 bridgehead atoms. The maximum atomic E-state index is 13.5. The summed E-state index contributed by atoms with van der Waals surface area (Å²) in [5.74, 6) is -0.526. The molecule has 1 heterocycles. The third-order valence-corrected chi connectivity index (χ3v) is 3.54. The minimum absolute atomic E-state index is 0.00324. The molecule has 116 valence electrons. The lowest BCUT2D eigenvalue weighted by atomic mass is 10.1. The molecule has 0 amide bonds.